The van der Waals surface area contributed by atoms with E-state index in [2.05, 4.69) is 35.3 Å². The van der Waals surface area contributed by atoms with Crippen LogP contribution in [0.15, 0.2) is 53.4 Å². The first-order chi connectivity index (χ1) is 10.1. The molecular formula is C18H17NOS. The summed E-state index contributed by atoms with van der Waals surface area (Å²) < 4.78 is 0. The first-order valence-corrected chi connectivity index (χ1v) is 7.93. The second-order valence-electron chi connectivity index (χ2n) is 5.21. The van der Waals surface area contributed by atoms with Gasteiger partial charge in [0.15, 0.2) is 5.78 Å². The van der Waals surface area contributed by atoms with Gasteiger partial charge in [0, 0.05) is 21.8 Å². The lowest BCUT2D eigenvalue weighted by molar-refractivity contribution is 0.102. The zero-order chi connectivity index (χ0) is 14.8. The van der Waals surface area contributed by atoms with Crippen LogP contribution in [0.5, 0.6) is 0 Å². The molecule has 0 amide bonds. The molecule has 0 radical (unpaired) electrons. The van der Waals surface area contributed by atoms with E-state index in [1.807, 2.05) is 32.0 Å². The first kappa shape index (κ1) is 14.0. The van der Waals surface area contributed by atoms with Crippen molar-refractivity contribution < 1.29 is 4.79 Å². The molecule has 0 atom stereocenters. The summed E-state index contributed by atoms with van der Waals surface area (Å²) in [5.74, 6) is 0.645. The number of rotatable bonds is 4. The summed E-state index contributed by atoms with van der Waals surface area (Å²) in [4.78, 5) is 16.6. The summed E-state index contributed by atoms with van der Waals surface area (Å²) >= 11 is 1.59. The SMILES string of the molecule is Cc1cc(C(=O)CSc2ccc3ccccc3c2)c(C)[nH]1. The Hall–Kier alpha value is -2.00. The van der Waals surface area contributed by atoms with Crippen LogP contribution in [0, 0.1) is 13.8 Å². The highest BCUT2D eigenvalue weighted by Crippen LogP contribution is 2.24. The average molecular weight is 295 g/mol. The second-order valence-corrected chi connectivity index (χ2v) is 6.26. The number of benzene rings is 2. The topological polar surface area (TPSA) is 32.9 Å². The Bertz CT molecular complexity index is 804. The number of Topliss-reactive ketones (excluding diaryl/α,β-unsaturated/α-hetero) is 1. The molecule has 0 bridgehead atoms. The largest absolute Gasteiger partial charge is 0.362 e. The standard InChI is InChI=1S/C18H17NOS/c1-12-9-17(13(2)19-12)18(20)11-21-16-8-7-14-5-3-4-6-15(14)10-16/h3-10,19H,11H2,1-2H3. The molecule has 0 saturated carbocycles. The molecule has 0 aliphatic carbocycles. The van der Waals surface area contributed by atoms with Crippen LogP contribution in [0.3, 0.4) is 0 Å². The minimum atomic E-state index is 0.176. The van der Waals surface area contributed by atoms with Gasteiger partial charge in [0.1, 0.15) is 0 Å². The van der Waals surface area contributed by atoms with Crippen molar-refractivity contribution in [3.8, 4) is 0 Å². The predicted octanol–water partition coefficient (Wildman–Crippen LogP) is 4.76. The van der Waals surface area contributed by atoms with Gasteiger partial charge in [-0.1, -0.05) is 30.3 Å². The Morgan fingerprint density at radius 3 is 2.52 bits per heavy atom. The number of aryl methyl sites for hydroxylation is 2. The summed E-state index contributed by atoms with van der Waals surface area (Å²) in [5.41, 5.74) is 2.80. The van der Waals surface area contributed by atoms with Gasteiger partial charge in [-0.25, -0.2) is 0 Å². The van der Waals surface area contributed by atoms with E-state index in [0.717, 1.165) is 21.8 Å². The summed E-state index contributed by atoms with van der Waals surface area (Å²) in [6.07, 6.45) is 0. The number of fused-ring (bicyclic) bond motifs is 1. The van der Waals surface area contributed by atoms with Gasteiger partial charge in [-0.15, -0.1) is 11.8 Å². The van der Waals surface area contributed by atoms with Crippen LogP contribution in [0.4, 0.5) is 0 Å². The Balaban J connectivity index is 1.74. The lowest BCUT2D eigenvalue weighted by Crippen LogP contribution is -2.02. The van der Waals surface area contributed by atoms with Crippen LogP contribution < -0.4 is 0 Å². The van der Waals surface area contributed by atoms with Crippen molar-refractivity contribution in [3.63, 3.8) is 0 Å². The molecule has 0 aliphatic rings. The fourth-order valence-electron chi connectivity index (χ4n) is 2.50. The molecule has 3 rings (SSSR count). The number of hydrogen-bond donors (Lipinski definition) is 1. The van der Waals surface area contributed by atoms with E-state index in [4.69, 9.17) is 0 Å². The number of carbonyl (C=O) groups excluding carboxylic acids is 1. The number of thioether (sulfide) groups is 1. The highest BCUT2D eigenvalue weighted by atomic mass is 32.2. The summed E-state index contributed by atoms with van der Waals surface area (Å²) in [6.45, 7) is 3.92. The smallest absolute Gasteiger partial charge is 0.174 e. The third-order valence-corrected chi connectivity index (χ3v) is 4.53. The number of nitrogens with one attached hydrogen (secondary N) is 1. The van der Waals surface area contributed by atoms with E-state index >= 15 is 0 Å². The highest BCUT2D eigenvalue weighted by Gasteiger charge is 2.12. The minimum absolute atomic E-state index is 0.176. The van der Waals surface area contributed by atoms with Crippen molar-refractivity contribution in [2.45, 2.75) is 18.7 Å². The molecule has 0 fully saturated rings. The zero-order valence-electron chi connectivity index (χ0n) is 12.1. The highest BCUT2D eigenvalue weighted by molar-refractivity contribution is 8.00. The van der Waals surface area contributed by atoms with Crippen LogP contribution in [-0.4, -0.2) is 16.5 Å². The minimum Gasteiger partial charge on any atom is -0.362 e. The maximum absolute atomic E-state index is 12.3. The van der Waals surface area contributed by atoms with Gasteiger partial charge < -0.3 is 4.98 Å². The Morgan fingerprint density at radius 1 is 1.05 bits per heavy atom. The van der Waals surface area contributed by atoms with Gasteiger partial charge in [0.25, 0.3) is 0 Å². The zero-order valence-corrected chi connectivity index (χ0v) is 13.0. The third kappa shape index (κ3) is 3.03. The summed E-state index contributed by atoms with van der Waals surface area (Å²) in [7, 11) is 0. The van der Waals surface area contributed by atoms with Gasteiger partial charge in [0.05, 0.1) is 5.75 Å². The van der Waals surface area contributed by atoms with Gasteiger partial charge >= 0.3 is 0 Å². The van der Waals surface area contributed by atoms with Crippen molar-refractivity contribution in [3.05, 3.63) is 65.5 Å². The number of carbonyl (C=O) groups is 1. The quantitative estimate of drug-likeness (QED) is 0.556. The molecule has 0 spiro atoms. The average Bonchev–Trinajstić information content (AvgIpc) is 2.83. The van der Waals surface area contributed by atoms with Crippen molar-refractivity contribution in [2.24, 2.45) is 0 Å². The maximum atomic E-state index is 12.3. The molecule has 1 aromatic heterocycles. The normalized spacial score (nSPS) is 11.0. The van der Waals surface area contributed by atoms with Gasteiger partial charge in [-0.3, -0.25) is 4.79 Å². The van der Waals surface area contributed by atoms with Crippen LogP contribution in [0.1, 0.15) is 21.7 Å². The molecule has 2 aromatic carbocycles. The van der Waals surface area contributed by atoms with E-state index in [1.54, 1.807) is 11.8 Å². The lowest BCUT2D eigenvalue weighted by atomic mass is 10.1. The molecule has 106 valence electrons. The van der Waals surface area contributed by atoms with Gasteiger partial charge in [-0.2, -0.15) is 0 Å². The molecule has 2 nitrogen and oxygen atoms in total. The van der Waals surface area contributed by atoms with Crippen LogP contribution in [0.2, 0.25) is 0 Å². The van der Waals surface area contributed by atoms with Crippen molar-refractivity contribution in [1.82, 2.24) is 4.98 Å². The van der Waals surface area contributed by atoms with Crippen molar-refractivity contribution in [2.75, 3.05) is 5.75 Å². The molecule has 1 heterocycles. The molecule has 0 unspecified atom stereocenters. The van der Waals surface area contributed by atoms with Crippen LogP contribution in [0.25, 0.3) is 10.8 Å². The molecule has 3 aromatic rings. The number of aromatic nitrogens is 1. The fraction of sp³-hybridized carbons (Fsp3) is 0.167. The number of aromatic amines is 1. The Kier molecular flexibility index (Phi) is 3.84. The molecule has 1 N–H and O–H groups in total. The molecule has 3 heteroatoms. The van der Waals surface area contributed by atoms with Crippen LogP contribution in [-0.2, 0) is 0 Å². The monoisotopic (exact) mass is 295 g/mol. The molecular weight excluding hydrogens is 278 g/mol. The van der Waals surface area contributed by atoms with E-state index < -0.39 is 0 Å². The molecule has 21 heavy (non-hydrogen) atoms. The second kappa shape index (κ2) is 5.78. The molecule has 0 saturated heterocycles. The van der Waals surface area contributed by atoms with Gasteiger partial charge in [0.2, 0.25) is 0 Å². The number of H-pyrrole nitrogens is 1. The van der Waals surface area contributed by atoms with E-state index in [0.29, 0.717) is 5.75 Å². The van der Waals surface area contributed by atoms with Crippen molar-refractivity contribution >= 4 is 28.3 Å². The van der Waals surface area contributed by atoms with Crippen molar-refractivity contribution in [1.29, 1.82) is 0 Å². The molecule has 0 aliphatic heterocycles. The summed E-state index contributed by atoms with van der Waals surface area (Å²) in [6, 6.07) is 16.5. The number of hydrogen-bond acceptors (Lipinski definition) is 2. The van der Waals surface area contributed by atoms with Gasteiger partial charge in [-0.05, 0) is 42.8 Å². The fourth-order valence-corrected chi connectivity index (χ4v) is 3.33. The predicted molar refractivity (Wildman–Crippen MR) is 89.3 cm³/mol. The maximum Gasteiger partial charge on any atom is 0.174 e. The van der Waals surface area contributed by atoms with E-state index in [9.17, 15) is 4.79 Å². The Labute approximate surface area is 128 Å². The number of ketones is 1. The first-order valence-electron chi connectivity index (χ1n) is 6.94. The van der Waals surface area contributed by atoms with E-state index in [-0.39, 0.29) is 5.78 Å². The Morgan fingerprint density at radius 2 is 1.81 bits per heavy atom. The van der Waals surface area contributed by atoms with E-state index in [1.165, 1.54) is 10.8 Å². The van der Waals surface area contributed by atoms with Crippen LogP contribution >= 0.6 is 11.8 Å². The lowest BCUT2D eigenvalue weighted by Gasteiger charge is -2.03. The summed E-state index contributed by atoms with van der Waals surface area (Å²) in [5, 5.41) is 2.44. The third-order valence-electron chi connectivity index (χ3n) is 3.54.